The summed E-state index contributed by atoms with van der Waals surface area (Å²) in [7, 11) is 1.83. The summed E-state index contributed by atoms with van der Waals surface area (Å²) in [6, 6.07) is 18.7. The lowest BCUT2D eigenvalue weighted by Gasteiger charge is -2.24. The first kappa shape index (κ1) is 14.3. The average Bonchev–Trinajstić information content (AvgIpc) is 2.45. The summed E-state index contributed by atoms with van der Waals surface area (Å²) in [5.74, 6) is 0.987. The van der Waals surface area contributed by atoms with Crippen molar-refractivity contribution in [1.82, 2.24) is 0 Å². The number of anilines is 1. The molecular weight excluding hydrogens is 244 g/mol. The van der Waals surface area contributed by atoms with Crippen molar-refractivity contribution in [3.63, 3.8) is 0 Å². The third-order valence-corrected chi connectivity index (χ3v) is 3.20. The van der Waals surface area contributed by atoms with E-state index in [1.54, 1.807) is 0 Å². The van der Waals surface area contributed by atoms with E-state index in [-0.39, 0.29) is 5.41 Å². The molecule has 0 aromatic heterocycles. The average molecular weight is 266 g/mol. The van der Waals surface area contributed by atoms with Gasteiger partial charge < -0.3 is 5.32 Å². The van der Waals surface area contributed by atoms with Crippen LogP contribution in [0.25, 0.3) is 11.1 Å². The number of hydrogen-bond donors (Lipinski definition) is 1. The van der Waals surface area contributed by atoms with E-state index < -0.39 is 0 Å². The van der Waals surface area contributed by atoms with Crippen LogP contribution in [0.2, 0.25) is 0 Å². The maximum absolute atomic E-state index is 4.39. The fourth-order valence-electron chi connectivity index (χ4n) is 2.17. The first-order valence-corrected chi connectivity index (χ1v) is 6.91. The highest BCUT2D eigenvalue weighted by Gasteiger charge is 2.19. The minimum Gasteiger partial charge on any atom is -0.343 e. The maximum atomic E-state index is 4.39. The Morgan fingerprint density at radius 3 is 2.10 bits per heavy atom. The summed E-state index contributed by atoms with van der Waals surface area (Å²) in [5.41, 5.74) is 3.49. The molecule has 0 saturated heterocycles. The molecule has 0 aliphatic rings. The number of para-hydroxylation sites is 1. The summed E-state index contributed by atoms with van der Waals surface area (Å²) in [6.45, 7) is 6.48. The Morgan fingerprint density at radius 1 is 0.900 bits per heavy atom. The maximum Gasteiger partial charge on any atom is 0.106 e. The molecule has 2 heteroatoms. The lowest BCUT2D eigenvalue weighted by molar-refractivity contribution is 0.589. The van der Waals surface area contributed by atoms with Gasteiger partial charge in [0.1, 0.15) is 5.84 Å². The normalized spacial score (nSPS) is 12.3. The molecule has 0 unspecified atom stereocenters. The number of nitrogens with zero attached hydrogens (tertiary/aromatic N) is 1. The topological polar surface area (TPSA) is 24.4 Å². The zero-order valence-corrected chi connectivity index (χ0v) is 12.6. The Balaban J connectivity index is 2.39. The highest BCUT2D eigenvalue weighted by atomic mass is 15.0. The Morgan fingerprint density at radius 2 is 1.50 bits per heavy atom. The van der Waals surface area contributed by atoms with Crippen LogP contribution in [0.4, 0.5) is 5.69 Å². The van der Waals surface area contributed by atoms with Gasteiger partial charge in [-0.15, -0.1) is 0 Å². The van der Waals surface area contributed by atoms with Crippen LogP contribution in [0.1, 0.15) is 20.8 Å². The summed E-state index contributed by atoms with van der Waals surface area (Å²) < 4.78 is 0. The van der Waals surface area contributed by atoms with Gasteiger partial charge in [-0.2, -0.15) is 0 Å². The predicted molar refractivity (Wildman–Crippen MR) is 88.3 cm³/mol. The molecule has 0 aliphatic heterocycles. The molecule has 1 N–H and O–H groups in total. The van der Waals surface area contributed by atoms with Gasteiger partial charge in [0.2, 0.25) is 0 Å². The molecule has 0 saturated carbocycles. The van der Waals surface area contributed by atoms with Crippen molar-refractivity contribution in [1.29, 1.82) is 0 Å². The highest BCUT2D eigenvalue weighted by molar-refractivity contribution is 6.01. The first-order chi connectivity index (χ1) is 9.52. The second-order valence-corrected chi connectivity index (χ2v) is 5.86. The number of benzene rings is 2. The summed E-state index contributed by atoms with van der Waals surface area (Å²) in [4.78, 5) is 4.39. The van der Waals surface area contributed by atoms with Crippen molar-refractivity contribution in [3.8, 4) is 11.1 Å². The minimum atomic E-state index is -0.00144. The van der Waals surface area contributed by atoms with Gasteiger partial charge in [-0.05, 0) is 11.6 Å². The van der Waals surface area contributed by atoms with E-state index in [0.29, 0.717) is 0 Å². The number of aliphatic imine (C=N–C) groups is 1. The van der Waals surface area contributed by atoms with E-state index in [9.17, 15) is 0 Å². The van der Waals surface area contributed by atoms with E-state index in [4.69, 9.17) is 0 Å². The standard InChI is InChI=1S/C18H22N2/c1-18(2,3)17(19-4)20-16-13-9-8-12-15(16)14-10-6-5-7-11-14/h5-13H,1-4H3,(H,19,20). The Labute approximate surface area is 121 Å². The molecule has 0 amide bonds. The molecular formula is C18H22N2. The Hall–Kier alpha value is -2.09. The molecule has 0 radical (unpaired) electrons. The third-order valence-electron chi connectivity index (χ3n) is 3.20. The van der Waals surface area contributed by atoms with Gasteiger partial charge in [0.05, 0.1) is 0 Å². The van der Waals surface area contributed by atoms with Gasteiger partial charge in [0, 0.05) is 23.7 Å². The second-order valence-electron chi connectivity index (χ2n) is 5.86. The van der Waals surface area contributed by atoms with Gasteiger partial charge in [-0.1, -0.05) is 69.3 Å². The van der Waals surface area contributed by atoms with Gasteiger partial charge in [-0.25, -0.2) is 0 Å². The molecule has 2 nitrogen and oxygen atoms in total. The lowest BCUT2D eigenvalue weighted by Crippen LogP contribution is -2.28. The largest absolute Gasteiger partial charge is 0.343 e. The molecule has 0 atom stereocenters. The number of amidine groups is 1. The number of rotatable bonds is 2. The molecule has 104 valence electrons. The molecule has 2 rings (SSSR count). The van der Waals surface area contributed by atoms with E-state index in [1.807, 2.05) is 19.2 Å². The van der Waals surface area contributed by atoms with Crippen LogP contribution >= 0.6 is 0 Å². The van der Waals surface area contributed by atoms with Crippen molar-refractivity contribution in [2.24, 2.45) is 10.4 Å². The van der Waals surface area contributed by atoms with Gasteiger partial charge >= 0.3 is 0 Å². The molecule has 2 aromatic rings. The second kappa shape index (κ2) is 5.91. The van der Waals surface area contributed by atoms with Crippen molar-refractivity contribution < 1.29 is 0 Å². The van der Waals surface area contributed by atoms with Crippen LogP contribution in [-0.2, 0) is 0 Å². The van der Waals surface area contributed by atoms with Crippen molar-refractivity contribution >= 4 is 11.5 Å². The number of hydrogen-bond acceptors (Lipinski definition) is 1. The Bertz CT molecular complexity index is 592. The zero-order valence-electron chi connectivity index (χ0n) is 12.6. The number of nitrogens with one attached hydrogen (secondary N) is 1. The molecule has 0 spiro atoms. The van der Waals surface area contributed by atoms with Gasteiger partial charge in [-0.3, -0.25) is 4.99 Å². The van der Waals surface area contributed by atoms with Crippen LogP contribution in [0.5, 0.6) is 0 Å². The molecule has 0 bridgehead atoms. The van der Waals surface area contributed by atoms with Crippen molar-refractivity contribution in [2.45, 2.75) is 20.8 Å². The van der Waals surface area contributed by atoms with Crippen LogP contribution in [-0.4, -0.2) is 12.9 Å². The summed E-state index contributed by atoms with van der Waals surface area (Å²) in [6.07, 6.45) is 0. The molecule has 0 heterocycles. The third kappa shape index (κ3) is 3.27. The van der Waals surface area contributed by atoms with E-state index in [2.05, 4.69) is 73.5 Å². The SMILES string of the molecule is C/N=C(/Nc1ccccc1-c1ccccc1)C(C)(C)C. The van der Waals surface area contributed by atoms with Crippen molar-refractivity contribution in [2.75, 3.05) is 12.4 Å². The first-order valence-electron chi connectivity index (χ1n) is 6.91. The minimum absolute atomic E-state index is 0.00144. The molecule has 0 fully saturated rings. The zero-order chi connectivity index (χ0) is 14.6. The molecule has 2 aromatic carbocycles. The van der Waals surface area contributed by atoms with Crippen molar-refractivity contribution in [3.05, 3.63) is 54.6 Å². The van der Waals surface area contributed by atoms with Crippen LogP contribution < -0.4 is 5.32 Å². The lowest BCUT2D eigenvalue weighted by atomic mass is 9.94. The fourth-order valence-corrected chi connectivity index (χ4v) is 2.17. The summed E-state index contributed by atoms with van der Waals surface area (Å²) >= 11 is 0. The van der Waals surface area contributed by atoms with Crippen LogP contribution in [0.3, 0.4) is 0 Å². The Kier molecular flexibility index (Phi) is 4.23. The monoisotopic (exact) mass is 266 g/mol. The van der Waals surface area contributed by atoms with E-state index in [0.717, 1.165) is 11.5 Å². The van der Waals surface area contributed by atoms with Gasteiger partial charge in [0.15, 0.2) is 0 Å². The smallest absolute Gasteiger partial charge is 0.106 e. The van der Waals surface area contributed by atoms with Crippen LogP contribution in [0, 0.1) is 5.41 Å². The van der Waals surface area contributed by atoms with E-state index >= 15 is 0 Å². The fraction of sp³-hybridized carbons (Fsp3) is 0.278. The molecule has 20 heavy (non-hydrogen) atoms. The predicted octanol–water partition coefficient (Wildman–Crippen LogP) is 4.84. The quantitative estimate of drug-likeness (QED) is 0.610. The molecule has 0 aliphatic carbocycles. The van der Waals surface area contributed by atoms with Gasteiger partial charge in [0.25, 0.3) is 0 Å². The highest BCUT2D eigenvalue weighted by Crippen LogP contribution is 2.29. The van der Waals surface area contributed by atoms with Crippen LogP contribution in [0.15, 0.2) is 59.6 Å². The summed E-state index contributed by atoms with van der Waals surface area (Å²) in [5, 5.41) is 3.49. The van der Waals surface area contributed by atoms with E-state index in [1.165, 1.54) is 11.1 Å².